The van der Waals surface area contributed by atoms with Crippen LogP contribution in [0.3, 0.4) is 0 Å². The molecule has 0 saturated carbocycles. The number of rotatable bonds is 8. The van der Waals surface area contributed by atoms with Crippen LogP contribution in [-0.2, 0) is 9.78 Å². The summed E-state index contributed by atoms with van der Waals surface area (Å²) >= 11 is 0. The highest BCUT2D eigenvalue weighted by Crippen LogP contribution is 2.07. The van der Waals surface area contributed by atoms with E-state index in [4.69, 9.17) is 4.89 Å². The monoisotopic (exact) mass is 172 g/mol. The minimum atomic E-state index is 0.180. The lowest BCUT2D eigenvalue weighted by Crippen LogP contribution is -2.06. The first-order valence-corrected chi connectivity index (χ1v) is 4.74. The molecular formula is C10H20O2. The summed E-state index contributed by atoms with van der Waals surface area (Å²) in [4.78, 5) is 9.57. The summed E-state index contributed by atoms with van der Waals surface area (Å²) in [6.07, 6.45) is 7.65. The van der Waals surface area contributed by atoms with Crippen LogP contribution in [0.1, 0.15) is 46.0 Å². The highest BCUT2D eigenvalue weighted by atomic mass is 17.2. The molecule has 0 aromatic carbocycles. The van der Waals surface area contributed by atoms with E-state index >= 15 is 0 Å². The van der Waals surface area contributed by atoms with E-state index in [1.165, 1.54) is 31.9 Å². The molecule has 0 aliphatic heterocycles. The zero-order chi connectivity index (χ0) is 9.23. The van der Waals surface area contributed by atoms with Crippen molar-refractivity contribution >= 4 is 0 Å². The Kier molecular flexibility index (Phi) is 8.24. The predicted octanol–water partition coefficient (Wildman–Crippen LogP) is 3.44. The Morgan fingerprint density at radius 2 is 2.08 bits per heavy atom. The molecule has 0 aliphatic rings. The van der Waals surface area contributed by atoms with E-state index in [-0.39, 0.29) is 6.10 Å². The van der Waals surface area contributed by atoms with E-state index in [2.05, 4.69) is 18.4 Å². The van der Waals surface area contributed by atoms with Gasteiger partial charge in [0.15, 0.2) is 0 Å². The largest absolute Gasteiger partial charge is 0.346 e. The van der Waals surface area contributed by atoms with Gasteiger partial charge in [-0.2, -0.15) is 4.89 Å². The minimum Gasteiger partial charge on any atom is -0.346 e. The molecule has 0 aliphatic carbocycles. The Morgan fingerprint density at radius 3 is 2.67 bits per heavy atom. The van der Waals surface area contributed by atoms with Gasteiger partial charge in [-0.15, -0.1) is 0 Å². The van der Waals surface area contributed by atoms with E-state index in [1.807, 2.05) is 6.92 Å². The molecule has 0 aromatic heterocycles. The second-order valence-corrected chi connectivity index (χ2v) is 3.02. The van der Waals surface area contributed by atoms with Gasteiger partial charge in [-0.1, -0.05) is 39.2 Å². The molecule has 1 unspecified atom stereocenters. The standard InChI is InChI=1S/C10H20O2/c1-4-6-7-8-9-10(3)12-11-5-2/h5,10H,2,4,6-9H2,1,3H3. The predicted molar refractivity (Wildman–Crippen MR) is 50.6 cm³/mol. The van der Waals surface area contributed by atoms with Crippen LogP contribution in [0.4, 0.5) is 0 Å². The normalized spacial score (nSPS) is 12.5. The van der Waals surface area contributed by atoms with Crippen LogP contribution < -0.4 is 0 Å². The van der Waals surface area contributed by atoms with Gasteiger partial charge in [0.05, 0.1) is 0 Å². The molecule has 0 fully saturated rings. The maximum Gasteiger partial charge on any atom is 0.122 e. The second kappa shape index (κ2) is 8.60. The van der Waals surface area contributed by atoms with Gasteiger partial charge in [-0.05, 0) is 13.3 Å². The summed E-state index contributed by atoms with van der Waals surface area (Å²) in [7, 11) is 0. The average molecular weight is 172 g/mol. The summed E-state index contributed by atoms with van der Waals surface area (Å²) in [6.45, 7) is 7.61. The lowest BCUT2D eigenvalue weighted by molar-refractivity contribution is -0.279. The smallest absolute Gasteiger partial charge is 0.122 e. The summed E-state index contributed by atoms with van der Waals surface area (Å²) in [5.74, 6) is 0. The third kappa shape index (κ3) is 7.61. The maximum atomic E-state index is 4.95. The van der Waals surface area contributed by atoms with Crippen molar-refractivity contribution in [3.8, 4) is 0 Å². The van der Waals surface area contributed by atoms with Gasteiger partial charge in [-0.25, -0.2) is 0 Å². The Labute approximate surface area is 75.5 Å². The highest BCUT2D eigenvalue weighted by Gasteiger charge is 2.01. The lowest BCUT2D eigenvalue weighted by atomic mass is 10.1. The summed E-state index contributed by atoms with van der Waals surface area (Å²) in [5, 5.41) is 0. The zero-order valence-corrected chi connectivity index (χ0v) is 8.21. The van der Waals surface area contributed by atoms with Crippen LogP contribution in [0.15, 0.2) is 12.8 Å². The second-order valence-electron chi connectivity index (χ2n) is 3.02. The van der Waals surface area contributed by atoms with Gasteiger partial charge in [0.2, 0.25) is 0 Å². The van der Waals surface area contributed by atoms with Crippen molar-refractivity contribution in [1.29, 1.82) is 0 Å². The van der Waals surface area contributed by atoms with Crippen molar-refractivity contribution < 1.29 is 9.78 Å². The number of hydrogen-bond donors (Lipinski definition) is 0. The van der Waals surface area contributed by atoms with Crippen molar-refractivity contribution in [2.24, 2.45) is 0 Å². The van der Waals surface area contributed by atoms with E-state index < -0.39 is 0 Å². The quantitative estimate of drug-likeness (QED) is 0.242. The fourth-order valence-electron chi connectivity index (χ4n) is 1.04. The molecule has 2 heteroatoms. The minimum absolute atomic E-state index is 0.180. The SMILES string of the molecule is C=COOC(C)CCCCCC. The summed E-state index contributed by atoms with van der Waals surface area (Å²) in [5.41, 5.74) is 0. The highest BCUT2D eigenvalue weighted by molar-refractivity contribution is 4.50. The molecule has 2 nitrogen and oxygen atoms in total. The molecule has 72 valence electrons. The van der Waals surface area contributed by atoms with Crippen molar-refractivity contribution in [2.75, 3.05) is 0 Å². The molecule has 0 aromatic rings. The maximum absolute atomic E-state index is 4.95. The van der Waals surface area contributed by atoms with Crippen molar-refractivity contribution in [3.05, 3.63) is 12.8 Å². The zero-order valence-electron chi connectivity index (χ0n) is 8.21. The molecule has 1 atom stereocenters. The fraction of sp³-hybridized carbons (Fsp3) is 0.800. The van der Waals surface area contributed by atoms with Crippen molar-refractivity contribution in [2.45, 2.75) is 52.1 Å². The van der Waals surface area contributed by atoms with E-state index in [9.17, 15) is 0 Å². The van der Waals surface area contributed by atoms with Crippen LogP contribution in [-0.4, -0.2) is 6.10 Å². The number of hydrogen-bond acceptors (Lipinski definition) is 2. The van der Waals surface area contributed by atoms with E-state index in [1.54, 1.807) is 0 Å². The molecular weight excluding hydrogens is 152 g/mol. The average Bonchev–Trinajstić information content (AvgIpc) is 2.09. The van der Waals surface area contributed by atoms with Gasteiger partial charge in [0.25, 0.3) is 0 Å². The van der Waals surface area contributed by atoms with Crippen LogP contribution >= 0.6 is 0 Å². The topological polar surface area (TPSA) is 18.5 Å². The van der Waals surface area contributed by atoms with Crippen LogP contribution in [0.5, 0.6) is 0 Å². The van der Waals surface area contributed by atoms with Crippen molar-refractivity contribution in [3.63, 3.8) is 0 Å². The van der Waals surface area contributed by atoms with Gasteiger partial charge in [0.1, 0.15) is 12.4 Å². The molecule has 0 amide bonds. The first-order chi connectivity index (χ1) is 5.81. The van der Waals surface area contributed by atoms with Gasteiger partial charge in [0, 0.05) is 0 Å². The lowest BCUT2D eigenvalue weighted by Gasteiger charge is -2.09. The first-order valence-electron chi connectivity index (χ1n) is 4.74. The molecule has 0 saturated heterocycles. The molecule has 0 bridgehead atoms. The van der Waals surface area contributed by atoms with Crippen LogP contribution in [0.2, 0.25) is 0 Å². The molecule has 0 radical (unpaired) electrons. The molecule has 0 N–H and O–H groups in total. The molecule has 0 spiro atoms. The Morgan fingerprint density at radius 1 is 1.33 bits per heavy atom. The fourth-order valence-corrected chi connectivity index (χ4v) is 1.04. The van der Waals surface area contributed by atoms with Gasteiger partial charge >= 0.3 is 0 Å². The van der Waals surface area contributed by atoms with Gasteiger partial charge < -0.3 is 4.89 Å². The summed E-state index contributed by atoms with van der Waals surface area (Å²) < 4.78 is 0. The third-order valence-corrected chi connectivity index (χ3v) is 1.75. The third-order valence-electron chi connectivity index (χ3n) is 1.75. The number of unbranched alkanes of at least 4 members (excludes halogenated alkanes) is 3. The Hall–Kier alpha value is -0.500. The van der Waals surface area contributed by atoms with Crippen LogP contribution in [0, 0.1) is 0 Å². The van der Waals surface area contributed by atoms with E-state index in [0.29, 0.717) is 0 Å². The summed E-state index contributed by atoms with van der Waals surface area (Å²) in [6, 6.07) is 0. The first kappa shape index (κ1) is 11.5. The van der Waals surface area contributed by atoms with E-state index in [0.717, 1.165) is 6.42 Å². The molecule has 0 rings (SSSR count). The van der Waals surface area contributed by atoms with Gasteiger partial charge in [-0.3, -0.25) is 0 Å². The molecule has 0 heterocycles. The Bertz CT molecular complexity index is 102. The van der Waals surface area contributed by atoms with Crippen molar-refractivity contribution in [1.82, 2.24) is 0 Å². The molecule has 12 heavy (non-hydrogen) atoms. The Balaban J connectivity index is 3.07. The van der Waals surface area contributed by atoms with Crippen LogP contribution in [0.25, 0.3) is 0 Å².